The number of non-ortho nitro benzene ring substituents is 1. The molecular formula is C18H13FN2O5. The van der Waals surface area contributed by atoms with Crippen LogP contribution in [-0.4, -0.2) is 21.7 Å². The Morgan fingerprint density at radius 1 is 1.23 bits per heavy atom. The van der Waals surface area contributed by atoms with Crippen LogP contribution < -0.4 is 4.90 Å². The molecule has 0 saturated heterocycles. The monoisotopic (exact) mass is 356 g/mol. The van der Waals surface area contributed by atoms with E-state index in [4.69, 9.17) is 0 Å². The van der Waals surface area contributed by atoms with E-state index in [1.54, 1.807) is 0 Å². The Labute approximate surface area is 147 Å². The molecule has 26 heavy (non-hydrogen) atoms. The number of hydrogen-bond donors (Lipinski definition) is 1. The maximum atomic E-state index is 14.3. The van der Waals surface area contributed by atoms with Crippen molar-refractivity contribution < 1.29 is 24.0 Å². The van der Waals surface area contributed by atoms with Crippen molar-refractivity contribution in [2.24, 2.45) is 0 Å². The Balaban J connectivity index is 2.23. The Hall–Kier alpha value is -3.55. The molecule has 132 valence electrons. The summed E-state index contributed by atoms with van der Waals surface area (Å²) in [5.74, 6) is -3.06. The van der Waals surface area contributed by atoms with Crippen molar-refractivity contribution in [1.82, 2.24) is 0 Å². The quantitative estimate of drug-likeness (QED) is 0.669. The molecule has 0 unspecified atom stereocenters. The van der Waals surface area contributed by atoms with Crippen molar-refractivity contribution in [2.75, 3.05) is 4.90 Å². The number of nitro groups is 1. The number of halogens is 1. The van der Waals surface area contributed by atoms with Crippen molar-refractivity contribution in [3.8, 4) is 0 Å². The minimum Gasteiger partial charge on any atom is -0.503 e. The van der Waals surface area contributed by atoms with Crippen LogP contribution in [0.5, 0.6) is 0 Å². The molecule has 8 heteroatoms. The number of hydrogen-bond acceptors (Lipinski definition) is 5. The summed E-state index contributed by atoms with van der Waals surface area (Å²) in [5, 5.41) is 21.2. The minimum atomic E-state index is -1.17. The molecule has 1 aliphatic rings. The van der Waals surface area contributed by atoms with Gasteiger partial charge in [0, 0.05) is 12.1 Å². The molecule has 2 aromatic rings. The van der Waals surface area contributed by atoms with Crippen LogP contribution >= 0.6 is 0 Å². The van der Waals surface area contributed by atoms with E-state index in [9.17, 15) is 29.2 Å². The van der Waals surface area contributed by atoms with Crippen LogP contribution in [0.15, 0.2) is 59.9 Å². The van der Waals surface area contributed by atoms with Crippen molar-refractivity contribution >= 4 is 23.1 Å². The zero-order chi connectivity index (χ0) is 19.0. The summed E-state index contributed by atoms with van der Waals surface area (Å²) >= 11 is 0. The fraction of sp³-hybridized carbons (Fsp3) is 0.111. The lowest BCUT2D eigenvalue weighted by molar-refractivity contribution is -0.384. The second-order valence-corrected chi connectivity index (χ2v) is 5.70. The lowest BCUT2D eigenvalue weighted by Gasteiger charge is -2.26. The van der Waals surface area contributed by atoms with Crippen molar-refractivity contribution in [3.05, 3.63) is 81.4 Å². The van der Waals surface area contributed by atoms with Crippen LogP contribution in [0.4, 0.5) is 15.8 Å². The van der Waals surface area contributed by atoms with E-state index in [0.717, 1.165) is 17.9 Å². The van der Waals surface area contributed by atoms with E-state index in [-0.39, 0.29) is 22.5 Å². The van der Waals surface area contributed by atoms with E-state index in [1.807, 2.05) is 0 Å². The largest absolute Gasteiger partial charge is 0.503 e. The highest BCUT2D eigenvalue weighted by molar-refractivity contribution is 6.16. The van der Waals surface area contributed by atoms with Gasteiger partial charge in [0.25, 0.3) is 11.6 Å². The lowest BCUT2D eigenvalue weighted by atomic mass is 9.96. The van der Waals surface area contributed by atoms with E-state index < -0.39 is 34.2 Å². The molecule has 3 rings (SSSR count). The number of para-hydroxylation sites is 1. The summed E-state index contributed by atoms with van der Waals surface area (Å²) < 4.78 is 14.3. The predicted octanol–water partition coefficient (Wildman–Crippen LogP) is 3.22. The van der Waals surface area contributed by atoms with Gasteiger partial charge >= 0.3 is 0 Å². The lowest BCUT2D eigenvalue weighted by Crippen LogP contribution is -2.31. The number of rotatable bonds is 4. The third kappa shape index (κ3) is 2.71. The van der Waals surface area contributed by atoms with E-state index in [0.29, 0.717) is 0 Å². The average molecular weight is 356 g/mol. The average Bonchev–Trinajstić information content (AvgIpc) is 2.87. The summed E-state index contributed by atoms with van der Waals surface area (Å²) in [7, 11) is 0. The number of aliphatic hydroxyl groups is 1. The highest BCUT2D eigenvalue weighted by Gasteiger charge is 2.44. The van der Waals surface area contributed by atoms with Crippen molar-refractivity contribution in [2.45, 2.75) is 13.0 Å². The standard InChI is InChI=1S/C18H13FN2O5/c1-10(22)15-16(11-5-4-6-12(9-11)21(25)26)20(18(24)17(15)23)14-8-3-2-7-13(14)19/h2-9,16,23H,1H3/t16-/m0/s1. The van der Waals surface area contributed by atoms with Crippen LogP contribution in [0.1, 0.15) is 18.5 Å². The number of nitro benzene ring substituents is 1. The summed E-state index contributed by atoms with van der Waals surface area (Å²) in [6.45, 7) is 1.16. The number of Topliss-reactive ketones (excluding diaryl/α,β-unsaturated/α-hetero) is 1. The van der Waals surface area contributed by atoms with Gasteiger partial charge in [-0.1, -0.05) is 24.3 Å². The maximum absolute atomic E-state index is 14.3. The van der Waals surface area contributed by atoms with Crippen LogP contribution in [0, 0.1) is 15.9 Å². The Bertz CT molecular complexity index is 970. The fourth-order valence-corrected chi connectivity index (χ4v) is 2.98. The van der Waals surface area contributed by atoms with Crippen LogP contribution in [0.2, 0.25) is 0 Å². The molecule has 0 spiro atoms. The van der Waals surface area contributed by atoms with Gasteiger partial charge < -0.3 is 5.11 Å². The third-order valence-corrected chi connectivity index (χ3v) is 4.10. The number of ketones is 1. The van der Waals surface area contributed by atoms with E-state index >= 15 is 0 Å². The Morgan fingerprint density at radius 3 is 2.54 bits per heavy atom. The highest BCUT2D eigenvalue weighted by atomic mass is 19.1. The molecule has 1 amide bonds. The summed E-state index contributed by atoms with van der Waals surface area (Å²) in [6.07, 6.45) is 0. The number of anilines is 1. The van der Waals surface area contributed by atoms with Gasteiger partial charge in [0.05, 0.1) is 22.2 Å². The summed E-state index contributed by atoms with van der Waals surface area (Å²) in [6, 6.07) is 9.53. The molecule has 0 radical (unpaired) electrons. The topological polar surface area (TPSA) is 101 Å². The highest BCUT2D eigenvalue weighted by Crippen LogP contribution is 2.42. The Morgan fingerprint density at radius 2 is 1.92 bits per heavy atom. The fourth-order valence-electron chi connectivity index (χ4n) is 2.98. The van der Waals surface area contributed by atoms with Gasteiger partial charge in [-0.2, -0.15) is 0 Å². The first-order chi connectivity index (χ1) is 12.3. The second kappa shape index (κ2) is 6.40. The zero-order valence-electron chi connectivity index (χ0n) is 13.5. The number of benzene rings is 2. The molecule has 0 fully saturated rings. The van der Waals surface area contributed by atoms with Crippen molar-refractivity contribution in [1.29, 1.82) is 0 Å². The zero-order valence-corrected chi connectivity index (χ0v) is 13.5. The number of nitrogens with zero attached hydrogens (tertiary/aromatic N) is 2. The van der Waals surface area contributed by atoms with Gasteiger partial charge in [0.15, 0.2) is 11.5 Å². The molecular weight excluding hydrogens is 343 g/mol. The molecule has 7 nitrogen and oxygen atoms in total. The van der Waals surface area contributed by atoms with Gasteiger partial charge in [-0.15, -0.1) is 0 Å². The normalized spacial score (nSPS) is 16.9. The third-order valence-electron chi connectivity index (χ3n) is 4.10. The molecule has 1 atom stereocenters. The maximum Gasteiger partial charge on any atom is 0.294 e. The molecule has 0 saturated carbocycles. The van der Waals surface area contributed by atoms with Crippen molar-refractivity contribution in [3.63, 3.8) is 0 Å². The smallest absolute Gasteiger partial charge is 0.294 e. The van der Waals surface area contributed by atoms with Gasteiger partial charge in [-0.05, 0) is 24.6 Å². The van der Waals surface area contributed by atoms with E-state index in [1.165, 1.54) is 42.5 Å². The number of amides is 1. The molecule has 0 aromatic heterocycles. The molecule has 1 heterocycles. The Kier molecular flexibility index (Phi) is 4.25. The van der Waals surface area contributed by atoms with Crippen LogP contribution in [0.3, 0.4) is 0 Å². The number of carbonyl (C=O) groups excluding carboxylic acids is 2. The summed E-state index contributed by atoms with van der Waals surface area (Å²) in [4.78, 5) is 35.9. The summed E-state index contributed by atoms with van der Waals surface area (Å²) in [5.41, 5.74) is -0.418. The SMILES string of the molecule is CC(=O)C1=C(O)C(=O)N(c2ccccc2F)[C@H]1c1cccc([N+](=O)[O-])c1. The molecule has 0 bridgehead atoms. The number of aliphatic hydroxyl groups excluding tert-OH is 1. The predicted molar refractivity (Wildman–Crippen MR) is 90.1 cm³/mol. The van der Waals surface area contributed by atoms with Crippen LogP contribution in [0.25, 0.3) is 0 Å². The molecule has 0 aliphatic carbocycles. The second-order valence-electron chi connectivity index (χ2n) is 5.70. The minimum absolute atomic E-state index is 0.142. The first-order valence-electron chi connectivity index (χ1n) is 7.59. The molecule has 2 aromatic carbocycles. The molecule has 1 aliphatic heterocycles. The van der Waals surface area contributed by atoms with Gasteiger partial charge in [-0.25, -0.2) is 4.39 Å². The van der Waals surface area contributed by atoms with Gasteiger partial charge in [-0.3, -0.25) is 24.6 Å². The first-order valence-corrected chi connectivity index (χ1v) is 7.59. The number of carbonyl (C=O) groups is 2. The van der Waals surface area contributed by atoms with Crippen LogP contribution in [-0.2, 0) is 9.59 Å². The van der Waals surface area contributed by atoms with Gasteiger partial charge in [0.1, 0.15) is 5.82 Å². The first kappa shape index (κ1) is 17.3. The molecule has 1 N–H and O–H groups in total. The van der Waals surface area contributed by atoms with E-state index in [2.05, 4.69) is 0 Å². The van der Waals surface area contributed by atoms with Gasteiger partial charge in [0.2, 0.25) is 0 Å².